The summed E-state index contributed by atoms with van der Waals surface area (Å²) in [6.07, 6.45) is 2.69. The molecule has 0 aliphatic carbocycles. The maximum absolute atomic E-state index is 11.1. The highest BCUT2D eigenvalue weighted by Gasteiger charge is 2.42. The first-order valence-electron chi connectivity index (χ1n) is 6.00. The van der Waals surface area contributed by atoms with E-state index in [9.17, 15) is 4.79 Å². The number of urea groups is 1. The number of nitrogens with zero attached hydrogens (tertiary/aromatic N) is 1. The lowest BCUT2D eigenvalue weighted by molar-refractivity contribution is 0.0314. The first-order chi connectivity index (χ1) is 8.19. The van der Waals surface area contributed by atoms with Crippen molar-refractivity contribution in [2.24, 2.45) is 5.73 Å². The summed E-state index contributed by atoms with van der Waals surface area (Å²) in [7, 11) is 0. The Morgan fingerprint density at radius 3 is 2.65 bits per heavy atom. The van der Waals surface area contributed by atoms with Gasteiger partial charge in [0.25, 0.3) is 0 Å². The second-order valence-corrected chi connectivity index (χ2v) is 4.89. The van der Waals surface area contributed by atoms with E-state index in [1.54, 1.807) is 4.90 Å². The molecule has 0 unspecified atom stereocenters. The molecule has 2 aliphatic heterocycles. The molecule has 1 aromatic rings. The molecule has 0 atom stereocenters. The minimum Gasteiger partial charge on any atom is -0.487 e. The van der Waals surface area contributed by atoms with Gasteiger partial charge in [0, 0.05) is 32.4 Å². The van der Waals surface area contributed by atoms with E-state index in [0.29, 0.717) is 13.1 Å². The number of hydrogen-bond donors (Lipinski definition) is 1. The van der Waals surface area contributed by atoms with Crippen LogP contribution in [0.25, 0.3) is 0 Å². The van der Waals surface area contributed by atoms with Gasteiger partial charge >= 0.3 is 6.03 Å². The van der Waals surface area contributed by atoms with Crippen molar-refractivity contribution >= 4 is 6.03 Å². The van der Waals surface area contributed by atoms with Crippen LogP contribution in [0, 0.1) is 0 Å². The molecule has 1 saturated heterocycles. The normalized spacial score (nSPS) is 21.1. The zero-order chi connectivity index (χ0) is 11.9. The predicted molar refractivity (Wildman–Crippen MR) is 63.9 cm³/mol. The third-order valence-corrected chi connectivity index (χ3v) is 3.80. The summed E-state index contributed by atoms with van der Waals surface area (Å²) < 4.78 is 6.08. The highest BCUT2D eigenvalue weighted by Crippen LogP contribution is 2.40. The van der Waals surface area contributed by atoms with E-state index >= 15 is 0 Å². The topological polar surface area (TPSA) is 55.6 Å². The van der Waals surface area contributed by atoms with E-state index in [-0.39, 0.29) is 11.6 Å². The largest absolute Gasteiger partial charge is 0.487 e. The number of rotatable bonds is 0. The highest BCUT2D eigenvalue weighted by molar-refractivity contribution is 5.72. The fraction of sp³-hybridized carbons (Fsp3) is 0.462. The monoisotopic (exact) mass is 232 g/mol. The first kappa shape index (κ1) is 10.4. The van der Waals surface area contributed by atoms with E-state index < -0.39 is 0 Å². The lowest BCUT2D eigenvalue weighted by Crippen LogP contribution is -2.50. The van der Waals surface area contributed by atoms with E-state index in [4.69, 9.17) is 10.5 Å². The summed E-state index contributed by atoms with van der Waals surface area (Å²) in [5, 5.41) is 0. The van der Waals surface area contributed by atoms with E-state index in [1.807, 2.05) is 18.2 Å². The molecule has 0 radical (unpaired) electrons. The van der Waals surface area contributed by atoms with E-state index in [1.165, 1.54) is 5.56 Å². The summed E-state index contributed by atoms with van der Waals surface area (Å²) >= 11 is 0. The van der Waals surface area contributed by atoms with Crippen LogP contribution in [-0.4, -0.2) is 29.6 Å². The molecule has 2 amide bonds. The van der Waals surface area contributed by atoms with Crippen LogP contribution in [-0.2, 0) is 6.42 Å². The molecule has 0 saturated carbocycles. The second-order valence-electron chi connectivity index (χ2n) is 4.89. The van der Waals surface area contributed by atoms with E-state index in [2.05, 4.69) is 6.07 Å². The summed E-state index contributed by atoms with van der Waals surface area (Å²) in [6, 6.07) is 7.85. The van der Waals surface area contributed by atoms with Crippen molar-refractivity contribution in [3.63, 3.8) is 0 Å². The number of fused-ring (bicyclic) bond motifs is 1. The summed E-state index contributed by atoms with van der Waals surface area (Å²) in [6.45, 7) is 1.40. The minimum absolute atomic E-state index is 0.102. The van der Waals surface area contributed by atoms with Gasteiger partial charge in [-0.15, -0.1) is 0 Å². The number of nitrogens with two attached hydrogens (primary N) is 1. The summed E-state index contributed by atoms with van der Waals surface area (Å²) in [5.41, 5.74) is 6.46. The molecule has 4 nitrogen and oxygen atoms in total. The Hall–Kier alpha value is -1.71. The van der Waals surface area contributed by atoms with Crippen molar-refractivity contribution in [2.45, 2.75) is 24.9 Å². The van der Waals surface area contributed by atoms with Crippen LogP contribution in [0.15, 0.2) is 24.3 Å². The van der Waals surface area contributed by atoms with Gasteiger partial charge in [0.2, 0.25) is 0 Å². The molecule has 4 heteroatoms. The standard InChI is InChI=1S/C13H16N2O2/c14-12(16)15-7-5-13(6-8-15)9-10-3-1-2-4-11(10)17-13/h1-4H,5-9H2,(H2,14,16). The summed E-state index contributed by atoms with van der Waals surface area (Å²) in [5.74, 6) is 1.00. The average molecular weight is 232 g/mol. The zero-order valence-corrected chi connectivity index (χ0v) is 9.69. The van der Waals surface area contributed by atoms with Gasteiger partial charge < -0.3 is 15.4 Å². The average Bonchev–Trinajstić information content (AvgIpc) is 2.67. The molecule has 2 N–H and O–H groups in total. The Labute approximate surface area is 100 Å². The number of carbonyl (C=O) groups excluding carboxylic acids is 1. The number of likely N-dealkylation sites (tertiary alicyclic amines) is 1. The second kappa shape index (κ2) is 3.65. The Bertz CT molecular complexity index is 423. The van der Waals surface area contributed by atoms with Gasteiger partial charge in [-0.3, -0.25) is 0 Å². The smallest absolute Gasteiger partial charge is 0.314 e. The summed E-state index contributed by atoms with van der Waals surface area (Å²) in [4.78, 5) is 12.8. The maximum atomic E-state index is 11.1. The molecule has 1 spiro atoms. The van der Waals surface area contributed by atoms with Crippen molar-refractivity contribution in [3.8, 4) is 5.75 Å². The predicted octanol–water partition coefficient (Wildman–Crippen LogP) is 1.53. The highest BCUT2D eigenvalue weighted by atomic mass is 16.5. The van der Waals surface area contributed by atoms with Crippen LogP contribution in [0.5, 0.6) is 5.75 Å². The number of piperidine rings is 1. The van der Waals surface area contributed by atoms with Crippen LogP contribution in [0.3, 0.4) is 0 Å². The number of para-hydroxylation sites is 1. The van der Waals surface area contributed by atoms with Crippen LogP contribution in [0.1, 0.15) is 18.4 Å². The van der Waals surface area contributed by atoms with Crippen LogP contribution < -0.4 is 10.5 Å². The molecule has 0 aromatic heterocycles. The van der Waals surface area contributed by atoms with Crippen molar-refractivity contribution in [1.29, 1.82) is 0 Å². The molecular formula is C13H16N2O2. The zero-order valence-electron chi connectivity index (χ0n) is 9.69. The third kappa shape index (κ3) is 1.73. The van der Waals surface area contributed by atoms with Gasteiger partial charge in [-0.05, 0) is 11.6 Å². The maximum Gasteiger partial charge on any atom is 0.314 e. The fourth-order valence-corrected chi connectivity index (χ4v) is 2.78. The molecule has 2 aliphatic rings. The van der Waals surface area contributed by atoms with Gasteiger partial charge in [0.1, 0.15) is 11.4 Å². The fourth-order valence-electron chi connectivity index (χ4n) is 2.78. The molecule has 1 fully saturated rings. The quantitative estimate of drug-likeness (QED) is 0.737. The lowest BCUT2D eigenvalue weighted by atomic mass is 9.87. The Kier molecular flexibility index (Phi) is 2.24. The van der Waals surface area contributed by atoms with Gasteiger partial charge in [0.15, 0.2) is 0 Å². The van der Waals surface area contributed by atoms with Crippen LogP contribution in [0.4, 0.5) is 4.79 Å². The minimum atomic E-state index is -0.324. The molecular weight excluding hydrogens is 216 g/mol. The van der Waals surface area contributed by atoms with Crippen LogP contribution in [0.2, 0.25) is 0 Å². The van der Waals surface area contributed by atoms with Gasteiger partial charge in [-0.2, -0.15) is 0 Å². The Morgan fingerprint density at radius 2 is 2.00 bits per heavy atom. The number of primary amides is 1. The molecule has 3 rings (SSSR count). The third-order valence-electron chi connectivity index (χ3n) is 3.80. The Morgan fingerprint density at radius 1 is 1.29 bits per heavy atom. The molecule has 90 valence electrons. The number of benzene rings is 1. The molecule has 17 heavy (non-hydrogen) atoms. The van der Waals surface area contributed by atoms with Gasteiger partial charge in [-0.1, -0.05) is 18.2 Å². The lowest BCUT2D eigenvalue weighted by Gasteiger charge is -2.37. The number of carbonyl (C=O) groups is 1. The van der Waals surface area contributed by atoms with Crippen molar-refractivity contribution in [2.75, 3.05) is 13.1 Å². The number of amides is 2. The first-order valence-corrected chi connectivity index (χ1v) is 6.00. The van der Waals surface area contributed by atoms with Crippen molar-refractivity contribution in [1.82, 2.24) is 4.90 Å². The van der Waals surface area contributed by atoms with Crippen molar-refractivity contribution in [3.05, 3.63) is 29.8 Å². The molecule has 2 heterocycles. The number of hydrogen-bond acceptors (Lipinski definition) is 2. The molecule has 1 aromatic carbocycles. The SMILES string of the molecule is NC(=O)N1CCC2(CC1)Cc1ccccc1O2. The van der Waals surface area contributed by atoms with Crippen molar-refractivity contribution < 1.29 is 9.53 Å². The molecule has 0 bridgehead atoms. The van der Waals surface area contributed by atoms with Gasteiger partial charge in [-0.25, -0.2) is 4.79 Å². The number of ether oxygens (including phenoxy) is 1. The van der Waals surface area contributed by atoms with Crippen LogP contribution >= 0.6 is 0 Å². The Balaban J connectivity index is 1.74. The van der Waals surface area contributed by atoms with E-state index in [0.717, 1.165) is 25.0 Å². The van der Waals surface area contributed by atoms with Gasteiger partial charge in [0.05, 0.1) is 0 Å².